The molecule has 0 aromatic rings. The van der Waals surface area contributed by atoms with Gasteiger partial charge < -0.3 is 9.47 Å². The van der Waals surface area contributed by atoms with Gasteiger partial charge in [-0.25, -0.2) is 0 Å². The van der Waals surface area contributed by atoms with Crippen LogP contribution < -0.4 is 0 Å². The van der Waals surface area contributed by atoms with Crippen LogP contribution in [0.3, 0.4) is 0 Å². The molecule has 5 nitrogen and oxygen atoms in total. The lowest BCUT2D eigenvalue weighted by Crippen LogP contribution is -2.06. The molecule has 0 saturated heterocycles. The Hall–Kier alpha value is -0.0600. The van der Waals surface area contributed by atoms with Gasteiger partial charge >= 0.3 is 8.17 Å². The highest BCUT2D eigenvalue weighted by Gasteiger charge is 2.09. The summed E-state index contributed by atoms with van der Waals surface area (Å²) in [6.07, 6.45) is 0. The Labute approximate surface area is 73.4 Å². The Balaban J connectivity index is 2.95. The summed E-state index contributed by atoms with van der Waals surface area (Å²) >= 11 is 0. The molecule has 0 fully saturated rings. The number of nitrogens with one attached hydrogen (secondary N) is 1. The topological polar surface area (TPSA) is 60.8 Å². The largest absolute Gasteiger partial charge is 0.556 e. The van der Waals surface area contributed by atoms with Crippen molar-refractivity contribution in [2.24, 2.45) is 0 Å². The van der Waals surface area contributed by atoms with Gasteiger partial charge in [0.05, 0.1) is 26.9 Å². The van der Waals surface area contributed by atoms with Gasteiger partial charge in [0.1, 0.15) is 6.61 Å². The minimum absolute atomic E-state index is 0.396. The molecule has 0 aromatic heterocycles. The molecular weight excluding hydrogens is 181 g/mol. The number of methoxy groups -OCH3 is 1. The van der Waals surface area contributed by atoms with E-state index in [0.29, 0.717) is 26.4 Å². The normalized spacial score (nSPS) is 11.7. The quantitative estimate of drug-likeness (QED) is 0.470. The highest BCUT2D eigenvalue weighted by molar-refractivity contribution is 7.34. The van der Waals surface area contributed by atoms with E-state index in [1.165, 1.54) is 7.11 Å². The molecular formula is C6H15NO4P+. The molecule has 0 rings (SSSR count). The third-order valence-electron chi connectivity index (χ3n) is 1.03. The van der Waals surface area contributed by atoms with Crippen LogP contribution in [0.5, 0.6) is 0 Å². The molecule has 0 radical (unpaired) electrons. The second kappa shape index (κ2) is 9.03. The van der Waals surface area contributed by atoms with Crippen LogP contribution in [0.4, 0.5) is 0 Å². The molecule has 6 heteroatoms. The van der Waals surface area contributed by atoms with Crippen molar-refractivity contribution >= 4 is 8.17 Å². The van der Waals surface area contributed by atoms with Crippen LogP contribution in [0, 0.1) is 5.16 Å². The Bertz CT molecular complexity index is 122. The molecule has 0 spiro atoms. The lowest BCUT2D eigenvalue weighted by molar-refractivity contribution is 0.0546. The lowest BCUT2D eigenvalue weighted by atomic mass is 10.7. The zero-order valence-corrected chi connectivity index (χ0v) is 8.30. The number of ether oxygens (including phenoxy) is 2. The van der Waals surface area contributed by atoms with E-state index in [2.05, 4.69) is 4.52 Å². The molecule has 1 N–H and O–H groups in total. The Kier molecular flexibility index (Phi) is 8.99. The van der Waals surface area contributed by atoms with Crippen LogP contribution in [0.2, 0.25) is 0 Å². The first-order chi connectivity index (χ1) is 5.81. The molecule has 0 heterocycles. The molecule has 0 aliphatic rings. The third-order valence-corrected chi connectivity index (χ3v) is 1.78. The van der Waals surface area contributed by atoms with Gasteiger partial charge in [-0.05, 0) is 0 Å². The number of rotatable bonds is 8. The van der Waals surface area contributed by atoms with E-state index < -0.39 is 8.17 Å². The summed E-state index contributed by atoms with van der Waals surface area (Å²) in [5.74, 6) is 0. The monoisotopic (exact) mass is 196 g/mol. The van der Waals surface area contributed by atoms with Crippen molar-refractivity contribution in [3.63, 3.8) is 0 Å². The zero-order chi connectivity index (χ0) is 9.23. The van der Waals surface area contributed by atoms with Crippen molar-refractivity contribution in [3.05, 3.63) is 0 Å². The third kappa shape index (κ3) is 8.04. The highest BCUT2D eigenvalue weighted by atomic mass is 31.1. The summed E-state index contributed by atoms with van der Waals surface area (Å²) in [7, 11) is 1.60. The highest BCUT2D eigenvalue weighted by Crippen LogP contribution is 2.21. The van der Waals surface area contributed by atoms with Crippen LogP contribution in [0.25, 0.3) is 0 Å². The maximum absolute atomic E-state index is 7.08. The van der Waals surface area contributed by atoms with E-state index in [-0.39, 0.29) is 0 Å². The standard InChI is InChI=1S/C6H15NO4P/c1-8-3-4-10-5-6-11-12(7)9-2/h7H,3-6H2,1-2H3/q+1. The van der Waals surface area contributed by atoms with Gasteiger partial charge in [-0.3, -0.25) is 0 Å². The maximum Gasteiger partial charge on any atom is 0.556 e. The van der Waals surface area contributed by atoms with Gasteiger partial charge in [0.15, 0.2) is 0 Å². The lowest BCUT2D eigenvalue weighted by Gasteiger charge is -1.99. The summed E-state index contributed by atoms with van der Waals surface area (Å²) in [5.41, 5.74) is 0. The van der Waals surface area contributed by atoms with E-state index in [1.807, 2.05) is 0 Å². The smallest absolute Gasteiger partial charge is 0.382 e. The van der Waals surface area contributed by atoms with Crippen molar-refractivity contribution in [3.8, 4) is 0 Å². The van der Waals surface area contributed by atoms with Crippen molar-refractivity contribution in [2.75, 3.05) is 40.6 Å². The fourth-order valence-corrected chi connectivity index (χ4v) is 0.822. The van der Waals surface area contributed by atoms with Gasteiger partial charge in [0.25, 0.3) is 0 Å². The van der Waals surface area contributed by atoms with Gasteiger partial charge in [0.2, 0.25) is 0 Å². The van der Waals surface area contributed by atoms with Gasteiger partial charge in [0, 0.05) is 7.11 Å². The average Bonchev–Trinajstić information content (AvgIpc) is 2.10. The predicted octanol–water partition coefficient (Wildman–Crippen LogP) is 1.39. The Morgan fingerprint density at radius 3 is 2.33 bits per heavy atom. The van der Waals surface area contributed by atoms with Gasteiger partial charge in [-0.15, -0.1) is 9.05 Å². The fraction of sp³-hybridized carbons (Fsp3) is 1.00. The zero-order valence-electron chi connectivity index (χ0n) is 7.41. The van der Waals surface area contributed by atoms with E-state index in [1.54, 1.807) is 7.11 Å². The van der Waals surface area contributed by atoms with E-state index in [9.17, 15) is 0 Å². The van der Waals surface area contributed by atoms with Crippen LogP contribution in [0.1, 0.15) is 0 Å². The first kappa shape index (κ1) is 11.9. The molecule has 12 heavy (non-hydrogen) atoms. The summed E-state index contributed by atoms with van der Waals surface area (Å²) < 4.78 is 19.4. The fourth-order valence-electron chi connectivity index (χ4n) is 0.476. The first-order valence-corrected chi connectivity index (χ1v) is 4.74. The molecule has 0 saturated carbocycles. The molecule has 0 aliphatic heterocycles. The van der Waals surface area contributed by atoms with E-state index in [4.69, 9.17) is 19.2 Å². The number of hydrogen-bond acceptors (Lipinski definition) is 5. The molecule has 72 valence electrons. The van der Waals surface area contributed by atoms with Crippen molar-refractivity contribution in [2.45, 2.75) is 0 Å². The predicted molar refractivity (Wildman–Crippen MR) is 45.3 cm³/mol. The van der Waals surface area contributed by atoms with Crippen LogP contribution in [0.15, 0.2) is 0 Å². The Morgan fingerprint density at radius 2 is 1.75 bits per heavy atom. The molecule has 1 atom stereocenters. The van der Waals surface area contributed by atoms with Crippen LogP contribution >= 0.6 is 8.17 Å². The maximum atomic E-state index is 7.08. The summed E-state index contributed by atoms with van der Waals surface area (Å²) in [6, 6.07) is 0. The van der Waals surface area contributed by atoms with Crippen molar-refractivity contribution < 1.29 is 18.5 Å². The summed E-state index contributed by atoms with van der Waals surface area (Å²) in [6.45, 7) is 2.01. The van der Waals surface area contributed by atoms with Crippen LogP contribution in [-0.2, 0) is 18.5 Å². The average molecular weight is 196 g/mol. The van der Waals surface area contributed by atoms with E-state index >= 15 is 0 Å². The molecule has 0 amide bonds. The second-order valence-electron chi connectivity index (χ2n) is 1.88. The van der Waals surface area contributed by atoms with Gasteiger partial charge in [-0.1, -0.05) is 5.16 Å². The molecule has 0 bridgehead atoms. The molecule has 1 unspecified atom stereocenters. The van der Waals surface area contributed by atoms with Gasteiger partial charge in [-0.2, -0.15) is 0 Å². The van der Waals surface area contributed by atoms with E-state index in [0.717, 1.165) is 0 Å². The number of hydrogen-bond donors (Lipinski definition) is 1. The first-order valence-electron chi connectivity index (χ1n) is 3.56. The molecule has 0 aromatic carbocycles. The minimum Gasteiger partial charge on any atom is -0.382 e. The SMILES string of the molecule is COCCOCCO[P+](=N)OC. The Morgan fingerprint density at radius 1 is 1.08 bits per heavy atom. The van der Waals surface area contributed by atoms with Crippen molar-refractivity contribution in [1.82, 2.24) is 0 Å². The van der Waals surface area contributed by atoms with Crippen molar-refractivity contribution in [1.29, 1.82) is 5.16 Å². The second-order valence-corrected chi connectivity index (χ2v) is 3.02. The molecule has 0 aliphatic carbocycles. The van der Waals surface area contributed by atoms with Crippen LogP contribution in [-0.4, -0.2) is 40.6 Å². The summed E-state index contributed by atoms with van der Waals surface area (Å²) in [4.78, 5) is 0. The summed E-state index contributed by atoms with van der Waals surface area (Å²) in [5, 5.41) is 7.08. The minimum atomic E-state index is -1.46.